The van der Waals surface area contributed by atoms with E-state index in [9.17, 15) is 24.3 Å². The van der Waals surface area contributed by atoms with Crippen molar-refractivity contribution >= 4 is 75.9 Å². The van der Waals surface area contributed by atoms with Crippen LogP contribution in [0.4, 0.5) is 10.8 Å². The van der Waals surface area contributed by atoms with Gasteiger partial charge in [0.25, 0.3) is 11.8 Å². The Morgan fingerprint density at radius 1 is 1.35 bits per heavy atom. The van der Waals surface area contributed by atoms with Crippen molar-refractivity contribution in [3.05, 3.63) is 52.2 Å². The van der Waals surface area contributed by atoms with Crippen molar-refractivity contribution in [3.63, 3.8) is 0 Å². The molecule has 1 saturated heterocycles. The van der Waals surface area contributed by atoms with Gasteiger partial charge in [0.15, 0.2) is 10.8 Å². The summed E-state index contributed by atoms with van der Waals surface area (Å²) in [5, 5.41) is 19.9. The molecule has 1 aromatic heterocycles. The number of hydrogen-bond donors (Lipinski definition) is 5. The molecule has 12 nitrogen and oxygen atoms in total. The van der Waals surface area contributed by atoms with E-state index < -0.39 is 34.4 Å². The fourth-order valence-electron chi connectivity index (χ4n) is 4.25. The lowest BCUT2D eigenvalue weighted by Gasteiger charge is -2.49. The molecule has 0 saturated carbocycles. The highest BCUT2D eigenvalue weighted by molar-refractivity contribution is 8.00. The maximum atomic E-state index is 13.1. The predicted octanol–water partition coefficient (Wildman–Crippen LogP) is 1.95. The van der Waals surface area contributed by atoms with E-state index in [-0.39, 0.29) is 40.5 Å². The van der Waals surface area contributed by atoms with Crippen LogP contribution in [0.1, 0.15) is 25.1 Å². The Morgan fingerprint density at radius 3 is 2.73 bits per heavy atom. The van der Waals surface area contributed by atoms with Gasteiger partial charge in [0.1, 0.15) is 29.9 Å². The van der Waals surface area contributed by atoms with Crippen molar-refractivity contribution < 1.29 is 29.1 Å². The SMILES string of the molecule is CO/N=C(\C(=O)N[C@@H]1C(=O)N2C(C(=O)O)=C(Cc3cccc(NC(=O)[C@H](S)C(C)C)c3)CS[C@H]12)c1csc(N)n1. The number of nitrogens with zero attached hydrogens (tertiary/aromatic N) is 3. The van der Waals surface area contributed by atoms with Crippen LogP contribution in [0.5, 0.6) is 0 Å². The Balaban J connectivity index is 1.50. The highest BCUT2D eigenvalue weighted by atomic mass is 32.2. The second-order valence-electron chi connectivity index (χ2n) is 9.37. The molecule has 3 amide bonds. The number of hydrogen-bond acceptors (Lipinski definition) is 11. The summed E-state index contributed by atoms with van der Waals surface area (Å²) in [6.45, 7) is 3.80. The van der Waals surface area contributed by atoms with Gasteiger partial charge in [-0.2, -0.15) is 12.6 Å². The molecule has 0 aliphatic carbocycles. The summed E-state index contributed by atoms with van der Waals surface area (Å²) in [6.07, 6.45) is 0.260. The van der Waals surface area contributed by atoms with Crippen molar-refractivity contribution in [2.45, 2.75) is 36.9 Å². The first-order valence-corrected chi connectivity index (χ1v) is 14.6. The molecule has 3 heterocycles. The second kappa shape index (κ2) is 12.3. The summed E-state index contributed by atoms with van der Waals surface area (Å²) in [5.41, 5.74) is 7.48. The minimum Gasteiger partial charge on any atom is -0.477 e. The third kappa shape index (κ3) is 6.10. The molecular formula is C25H28N6O6S3. The van der Waals surface area contributed by atoms with Gasteiger partial charge in [0.05, 0.1) is 5.25 Å². The molecule has 40 heavy (non-hydrogen) atoms. The van der Waals surface area contributed by atoms with Gasteiger partial charge in [-0.1, -0.05) is 31.1 Å². The quantitative estimate of drug-likeness (QED) is 0.117. The number of nitrogen functional groups attached to an aromatic ring is 1. The highest BCUT2D eigenvalue weighted by Crippen LogP contribution is 2.41. The van der Waals surface area contributed by atoms with Crippen LogP contribution >= 0.6 is 35.7 Å². The average Bonchev–Trinajstić information content (AvgIpc) is 3.35. The number of carbonyl (C=O) groups excluding carboxylic acids is 3. The zero-order chi connectivity index (χ0) is 29.1. The van der Waals surface area contributed by atoms with E-state index in [1.807, 2.05) is 19.9 Å². The molecule has 1 fully saturated rings. The smallest absolute Gasteiger partial charge is 0.352 e. The first-order chi connectivity index (χ1) is 19.0. The number of carbonyl (C=O) groups is 4. The maximum absolute atomic E-state index is 13.1. The molecule has 0 radical (unpaired) electrons. The van der Waals surface area contributed by atoms with E-state index in [1.54, 1.807) is 18.2 Å². The third-order valence-electron chi connectivity index (χ3n) is 6.21. The van der Waals surface area contributed by atoms with E-state index >= 15 is 0 Å². The summed E-state index contributed by atoms with van der Waals surface area (Å²) in [5.74, 6) is -2.34. The Morgan fingerprint density at radius 2 is 2.10 bits per heavy atom. The Kier molecular flexibility index (Phi) is 9.05. The Hall–Kier alpha value is -3.56. The fourth-order valence-corrected chi connectivity index (χ4v) is 6.20. The number of amides is 3. The number of oxime groups is 1. The molecule has 212 valence electrons. The number of thiazole rings is 1. The van der Waals surface area contributed by atoms with Crippen LogP contribution in [-0.4, -0.2) is 73.9 Å². The number of benzene rings is 1. The van der Waals surface area contributed by atoms with Gasteiger partial charge in [-0.05, 0) is 35.6 Å². The summed E-state index contributed by atoms with van der Waals surface area (Å²) in [4.78, 5) is 60.7. The van der Waals surface area contributed by atoms with Crippen LogP contribution in [0.25, 0.3) is 0 Å². The molecule has 5 N–H and O–H groups in total. The van der Waals surface area contributed by atoms with Gasteiger partial charge in [0, 0.05) is 16.8 Å². The van der Waals surface area contributed by atoms with E-state index in [0.29, 0.717) is 17.0 Å². The number of aliphatic carboxylic acids is 1. The topological polar surface area (TPSA) is 176 Å². The standard InChI is InChI=1S/C25H28N6O6S3/c1-11(2)19(38)21(33)27-14-6-4-5-12(8-14)7-13-9-39-23-17(22(34)31(23)18(13)24(35)36)29-20(32)16(30-37-3)15-10-40-25(26)28-15/h4-6,8,10-11,17,19,23,38H,7,9H2,1-3H3,(H2,26,28)(H,27,33)(H,29,32)(H,35,36)/b30-16-/t17-,19-,23-/m1/s1. The van der Waals surface area contributed by atoms with Crippen LogP contribution in [0.2, 0.25) is 0 Å². The highest BCUT2D eigenvalue weighted by Gasteiger charge is 2.54. The molecule has 4 rings (SSSR count). The monoisotopic (exact) mass is 604 g/mol. The van der Waals surface area contributed by atoms with Crippen molar-refractivity contribution in [3.8, 4) is 0 Å². The van der Waals surface area contributed by atoms with Crippen molar-refractivity contribution in [1.82, 2.24) is 15.2 Å². The van der Waals surface area contributed by atoms with Crippen LogP contribution in [0, 0.1) is 5.92 Å². The number of thioether (sulfide) groups is 1. The number of thiol groups is 1. The molecular weight excluding hydrogens is 577 g/mol. The van der Waals surface area contributed by atoms with Gasteiger partial charge in [0.2, 0.25) is 5.91 Å². The molecule has 3 atom stereocenters. The number of aromatic nitrogens is 1. The van der Waals surface area contributed by atoms with E-state index in [0.717, 1.165) is 16.9 Å². The van der Waals surface area contributed by atoms with E-state index in [4.69, 9.17) is 10.6 Å². The number of rotatable bonds is 10. The number of carboxylic acid groups (broad SMARTS) is 1. The van der Waals surface area contributed by atoms with Gasteiger partial charge in [-0.15, -0.1) is 23.1 Å². The molecule has 2 aromatic rings. The number of β-lactam (4-membered cyclic amide) rings is 1. The average molecular weight is 605 g/mol. The molecule has 0 unspecified atom stereocenters. The van der Waals surface area contributed by atoms with Gasteiger partial charge in [-0.25, -0.2) is 9.78 Å². The normalized spacial score (nSPS) is 19.6. The second-order valence-corrected chi connectivity index (χ2v) is 11.9. The molecule has 2 aliphatic heterocycles. The largest absolute Gasteiger partial charge is 0.477 e. The van der Waals surface area contributed by atoms with Crippen LogP contribution in [-0.2, 0) is 30.4 Å². The molecule has 15 heteroatoms. The zero-order valence-electron chi connectivity index (χ0n) is 21.8. The van der Waals surface area contributed by atoms with Crippen LogP contribution in [0.3, 0.4) is 0 Å². The van der Waals surface area contributed by atoms with Gasteiger partial charge in [-0.3, -0.25) is 19.3 Å². The summed E-state index contributed by atoms with van der Waals surface area (Å²) >= 11 is 6.81. The Bertz CT molecular complexity index is 1410. The van der Waals surface area contributed by atoms with Crippen LogP contribution < -0.4 is 16.4 Å². The summed E-state index contributed by atoms with van der Waals surface area (Å²) in [7, 11) is 1.27. The minimum atomic E-state index is -1.24. The zero-order valence-corrected chi connectivity index (χ0v) is 24.3. The maximum Gasteiger partial charge on any atom is 0.352 e. The van der Waals surface area contributed by atoms with E-state index in [2.05, 4.69) is 33.4 Å². The molecule has 2 aliphatic rings. The van der Waals surface area contributed by atoms with Crippen LogP contribution in [0.15, 0.2) is 46.1 Å². The number of carboxylic acids is 1. The summed E-state index contributed by atoms with van der Waals surface area (Å²) < 4.78 is 0. The number of anilines is 2. The predicted molar refractivity (Wildman–Crippen MR) is 156 cm³/mol. The number of fused-ring (bicyclic) bond motifs is 1. The first-order valence-electron chi connectivity index (χ1n) is 12.1. The number of nitrogens with two attached hydrogens (primary N) is 1. The lowest BCUT2D eigenvalue weighted by atomic mass is 9.98. The fraction of sp³-hybridized carbons (Fsp3) is 0.360. The first kappa shape index (κ1) is 29.4. The Labute approximate surface area is 243 Å². The van der Waals surface area contributed by atoms with E-state index in [1.165, 1.54) is 29.2 Å². The van der Waals surface area contributed by atoms with Crippen molar-refractivity contribution in [2.75, 3.05) is 23.9 Å². The molecule has 0 bridgehead atoms. The lowest BCUT2D eigenvalue weighted by molar-refractivity contribution is -0.150. The molecule has 0 spiro atoms. The van der Waals surface area contributed by atoms with Crippen molar-refractivity contribution in [2.24, 2.45) is 11.1 Å². The third-order valence-corrected chi connectivity index (χ3v) is 9.06. The summed E-state index contributed by atoms with van der Waals surface area (Å²) in [6, 6.07) is 6.14. The van der Waals surface area contributed by atoms with Gasteiger partial charge >= 0.3 is 5.97 Å². The lowest BCUT2D eigenvalue weighted by Crippen LogP contribution is -2.71. The molecule has 1 aromatic carbocycles. The number of nitrogens with one attached hydrogen (secondary N) is 2. The minimum absolute atomic E-state index is 0.0506. The van der Waals surface area contributed by atoms with Gasteiger partial charge < -0.3 is 26.3 Å². The van der Waals surface area contributed by atoms with Crippen molar-refractivity contribution in [1.29, 1.82) is 0 Å².